The van der Waals surface area contributed by atoms with Gasteiger partial charge < -0.3 is 19.2 Å². The van der Waals surface area contributed by atoms with Crippen molar-refractivity contribution in [2.75, 3.05) is 21.3 Å². The van der Waals surface area contributed by atoms with E-state index in [4.69, 9.17) is 19.3 Å². The lowest BCUT2D eigenvalue weighted by Crippen LogP contribution is -2.24. The van der Waals surface area contributed by atoms with Gasteiger partial charge in [-0.3, -0.25) is 9.59 Å². The van der Waals surface area contributed by atoms with Crippen molar-refractivity contribution >= 4 is 38.5 Å². The number of rotatable bonds is 6. The van der Waals surface area contributed by atoms with Crippen molar-refractivity contribution in [1.82, 2.24) is 9.99 Å². The Bertz CT molecular complexity index is 1610. The molecule has 0 radical (unpaired) electrons. The summed E-state index contributed by atoms with van der Waals surface area (Å²) in [5, 5.41) is 6.98. The molecule has 3 aromatic carbocycles. The number of halogens is 1. The first kappa shape index (κ1) is 25.5. The molecule has 1 aromatic heterocycles. The zero-order chi connectivity index (χ0) is 27.0. The van der Waals surface area contributed by atoms with Gasteiger partial charge in [-0.05, 0) is 41.5 Å². The number of carbonyl (C=O) groups excluding carboxylic acids is 1. The van der Waals surface area contributed by atoms with E-state index >= 15 is 0 Å². The molecule has 1 unspecified atom stereocenters. The summed E-state index contributed by atoms with van der Waals surface area (Å²) in [6.07, 6.45) is 0.320. The van der Waals surface area contributed by atoms with Gasteiger partial charge in [-0.25, -0.2) is 5.01 Å². The predicted molar refractivity (Wildman–Crippen MR) is 150 cm³/mol. The molecule has 1 aliphatic heterocycles. The van der Waals surface area contributed by atoms with Gasteiger partial charge in [-0.2, -0.15) is 5.10 Å². The van der Waals surface area contributed by atoms with Gasteiger partial charge in [0.1, 0.15) is 0 Å². The highest BCUT2D eigenvalue weighted by molar-refractivity contribution is 9.10. The lowest BCUT2D eigenvalue weighted by molar-refractivity contribution is -0.130. The highest BCUT2D eigenvalue weighted by atomic mass is 79.9. The summed E-state index contributed by atoms with van der Waals surface area (Å²) < 4.78 is 17.4. The van der Waals surface area contributed by atoms with E-state index in [0.29, 0.717) is 40.5 Å². The number of carbonyl (C=O) groups is 1. The summed E-state index contributed by atoms with van der Waals surface area (Å²) >= 11 is 3.56. The Morgan fingerprint density at radius 2 is 1.66 bits per heavy atom. The standard InChI is InChI=1S/C29H26BrN3O5/c1-16(34)33-23(18-12-24(36-2)28(38-4)25(13-18)37-3)15-22(32-33)27-26(17-8-6-5-7-9-17)20-14-19(30)10-11-21(20)31-29(27)35/h5-14,23H,15H2,1-4H3,(H,31,35). The molecule has 0 bridgehead atoms. The van der Waals surface area contributed by atoms with Gasteiger partial charge >= 0.3 is 0 Å². The Balaban J connectivity index is 1.71. The van der Waals surface area contributed by atoms with Crippen LogP contribution in [0.2, 0.25) is 0 Å². The number of hydrogen-bond donors (Lipinski definition) is 1. The van der Waals surface area contributed by atoms with Crippen molar-refractivity contribution in [3.05, 3.63) is 86.6 Å². The number of nitrogens with one attached hydrogen (secondary N) is 1. The monoisotopic (exact) mass is 575 g/mol. The minimum atomic E-state index is -0.475. The zero-order valence-corrected chi connectivity index (χ0v) is 23.0. The minimum Gasteiger partial charge on any atom is -0.493 e. The molecule has 1 aliphatic rings. The largest absolute Gasteiger partial charge is 0.493 e. The number of H-pyrrole nitrogens is 1. The SMILES string of the molecule is COc1cc(C2CC(c3c(-c4ccccc4)c4cc(Br)ccc4[nH]c3=O)=NN2C(C)=O)cc(OC)c1OC. The number of hydrogen-bond acceptors (Lipinski definition) is 6. The smallest absolute Gasteiger partial charge is 0.258 e. The average Bonchev–Trinajstić information content (AvgIpc) is 3.37. The number of methoxy groups -OCH3 is 3. The summed E-state index contributed by atoms with van der Waals surface area (Å²) in [6.45, 7) is 1.46. The lowest BCUT2D eigenvalue weighted by Gasteiger charge is -2.22. The number of ether oxygens (including phenoxy) is 3. The molecule has 1 N–H and O–H groups in total. The van der Waals surface area contributed by atoms with Crippen molar-refractivity contribution in [1.29, 1.82) is 0 Å². The van der Waals surface area contributed by atoms with Gasteiger partial charge in [0, 0.05) is 34.3 Å². The normalized spacial score (nSPS) is 14.9. The summed E-state index contributed by atoms with van der Waals surface area (Å²) in [7, 11) is 4.62. The Hall–Kier alpha value is -4.11. The Kier molecular flexibility index (Phi) is 6.94. The molecule has 9 heteroatoms. The quantitative estimate of drug-likeness (QED) is 0.319. The number of aromatic amines is 1. The second-order valence-electron chi connectivity index (χ2n) is 8.85. The van der Waals surface area contributed by atoms with Crippen LogP contribution in [0, 0.1) is 0 Å². The molecule has 0 fully saturated rings. The fourth-order valence-corrected chi connectivity index (χ4v) is 5.31. The van der Waals surface area contributed by atoms with Gasteiger partial charge in [0.25, 0.3) is 5.56 Å². The fourth-order valence-electron chi connectivity index (χ4n) is 4.95. The highest BCUT2D eigenvalue weighted by Gasteiger charge is 2.35. The van der Waals surface area contributed by atoms with Crippen molar-refractivity contribution in [3.8, 4) is 28.4 Å². The van der Waals surface area contributed by atoms with Crippen LogP contribution >= 0.6 is 15.9 Å². The number of aromatic nitrogens is 1. The molecule has 194 valence electrons. The van der Waals surface area contributed by atoms with Crippen molar-refractivity contribution in [2.24, 2.45) is 5.10 Å². The summed E-state index contributed by atoms with van der Waals surface area (Å²) in [5.74, 6) is 1.14. The molecule has 38 heavy (non-hydrogen) atoms. The topological polar surface area (TPSA) is 93.2 Å². The van der Waals surface area contributed by atoms with Crippen LogP contribution in [0.5, 0.6) is 17.2 Å². The van der Waals surface area contributed by atoms with E-state index in [0.717, 1.165) is 26.5 Å². The van der Waals surface area contributed by atoms with Crippen molar-refractivity contribution in [3.63, 3.8) is 0 Å². The Morgan fingerprint density at radius 1 is 0.974 bits per heavy atom. The van der Waals surface area contributed by atoms with Gasteiger partial charge in [0.05, 0.1) is 38.6 Å². The van der Waals surface area contributed by atoms with Crippen LogP contribution < -0.4 is 19.8 Å². The maximum absolute atomic E-state index is 13.6. The van der Waals surface area contributed by atoms with E-state index in [1.807, 2.05) is 48.5 Å². The summed E-state index contributed by atoms with van der Waals surface area (Å²) in [4.78, 5) is 29.4. The van der Waals surface area contributed by atoms with E-state index in [-0.39, 0.29) is 11.5 Å². The Labute approximate surface area is 228 Å². The maximum Gasteiger partial charge on any atom is 0.258 e. The van der Waals surface area contributed by atoms with Gasteiger partial charge in [0.15, 0.2) is 11.5 Å². The van der Waals surface area contributed by atoms with Crippen LogP contribution in [0.15, 0.2) is 75.0 Å². The van der Waals surface area contributed by atoms with Gasteiger partial charge in [-0.1, -0.05) is 46.3 Å². The molecule has 0 saturated carbocycles. The minimum absolute atomic E-state index is 0.250. The zero-order valence-electron chi connectivity index (χ0n) is 21.4. The summed E-state index contributed by atoms with van der Waals surface area (Å²) in [6, 6.07) is 18.6. The van der Waals surface area contributed by atoms with Crippen LogP contribution in [0.3, 0.4) is 0 Å². The van der Waals surface area contributed by atoms with Gasteiger partial charge in [0.2, 0.25) is 11.7 Å². The molecule has 8 nitrogen and oxygen atoms in total. The van der Waals surface area contributed by atoms with E-state index in [9.17, 15) is 9.59 Å². The second-order valence-corrected chi connectivity index (χ2v) is 9.76. The first-order valence-corrected chi connectivity index (χ1v) is 12.7. The second kappa shape index (κ2) is 10.3. The van der Waals surface area contributed by atoms with E-state index in [1.165, 1.54) is 19.0 Å². The van der Waals surface area contributed by atoms with Crippen molar-refractivity contribution in [2.45, 2.75) is 19.4 Å². The van der Waals surface area contributed by atoms with Crippen LogP contribution in [0.4, 0.5) is 0 Å². The molecule has 0 spiro atoms. The van der Waals surface area contributed by atoms with Gasteiger partial charge in [-0.15, -0.1) is 0 Å². The first-order chi connectivity index (χ1) is 18.4. The molecular weight excluding hydrogens is 550 g/mol. The summed E-state index contributed by atoms with van der Waals surface area (Å²) in [5.41, 5.74) is 3.78. The fraction of sp³-hybridized carbons (Fsp3) is 0.207. The predicted octanol–water partition coefficient (Wildman–Crippen LogP) is 5.68. The molecule has 5 rings (SSSR count). The van der Waals surface area contributed by atoms with Crippen LogP contribution in [-0.2, 0) is 4.79 Å². The average molecular weight is 576 g/mol. The number of hydrazone groups is 1. The third kappa shape index (κ3) is 4.43. The number of amides is 1. The molecular formula is C29H26BrN3O5. The molecule has 1 amide bonds. The molecule has 0 saturated heterocycles. The van der Waals surface area contributed by atoms with E-state index in [1.54, 1.807) is 26.4 Å². The number of pyridine rings is 1. The number of nitrogens with zero attached hydrogens (tertiary/aromatic N) is 2. The van der Waals surface area contributed by atoms with Crippen LogP contribution in [-0.4, -0.2) is 42.9 Å². The van der Waals surface area contributed by atoms with Crippen LogP contribution in [0.25, 0.3) is 22.0 Å². The molecule has 1 atom stereocenters. The maximum atomic E-state index is 13.6. The number of benzene rings is 3. The van der Waals surface area contributed by atoms with E-state index < -0.39 is 6.04 Å². The van der Waals surface area contributed by atoms with Crippen LogP contribution in [0.1, 0.15) is 30.5 Å². The molecule has 0 aliphatic carbocycles. The highest BCUT2D eigenvalue weighted by Crippen LogP contribution is 2.44. The number of fused-ring (bicyclic) bond motifs is 1. The first-order valence-electron chi connectivity index (χ1n) is 11.9. The third-order valence-corrected chi connectivity index (χ3v) is 7.13. The molecule has 2 heterocycles. The lowest BCUT2D eigenvalue weighted by atomic mass is 9.91. The molecule has 4 aromatic rings. The van der Waals surface area contributed by atoms with Crippen molar-refractivity contribution < 1.29 is 19.0 Å². The third-order valence-electron chi connectivity index (χ3n) is 6.63. The van der Waals surface area contributed by atoms with E-state index in [2.05, 4.69) is 20.9 Å². The Morgan fingerprint density at radius 3 is 2.26 bits per heavy atom.